The van der Waals surface area contributed by atoms with Crippen molar-refractivity contribution >= 4 is 12.2 Å². The number of fused-ring (bicyclic) bond motifs is 4. The summed E-state index contributed by atoms with van der Waals surface area (Å²) in [4.78, 5) is 12.0. The van der Waals surface area contributed by atoms with E-state index in [1.165, 1.54) is 0 Å². The van der Waals surface area contributed by atoms with Crippen LogP contribution in [0.15, 0.2) is 42.7 Å². The van der Waals surface area contributed by atoms with Crippen molar-refractivity contribution in [2.24, 2.45) is 0 Å². The number of alkyl carbamates (subject to hydrolysis) is 1. The van der Waals surface area contributed by atoms with E-state index >= 15 is 0 Å². The standard InChI is InChI=1S/C25H31N3O4/c1-4-21-15-22-18(3)28(23-10-5-6-13-30-23)27-24(22)20-9-7-8-19(14-20)16-31-25(29)26-12-11-17(2)32-21/h4,7-9,14-15,17,23H,1,5-6,10-13,16H2,2-3H3,(H,26,29)/b21-15+. The Morgan fingerprint density at radius 2 is 2.16 bits per heavy atom. The third kappa shape index (κ3) is 5.05. The molecule has 1 fully saturated rings. The average molecular weight is 438 g/mol. The van der Waals surface area contributed by atoms with Gasteiger partial charge in [0.25, 0.3) is 0 Å². The molecule has 2 aromatic rings. The number of benzene rings is 1. The highest BCUT2D eigenvalue weighted by Crippen LogP contribution is 2.33. The van der Waals surface area contributed by atoms with Crippen molar-refractivity contribution < 1.29 is 19.0 Å². The maximum atomic E-state index is 12.0. The summed E-state index contributed by atoms with van der Waals surface area (Å²) in [6, 6.07) is 7.92. The lowest BCUT2D eigenvalue weighted by atomic mass is 10.0. The Hall–Kier alpha value is -3.06. The summed E-state index contributed by atoms with van der Waals surface area (Å²) in [5.74, 6) is 0.666. The van der Waals surface area contributed by atoms with Gasteiger partial charge in [0.2, 0.25) is 0 Å². The molecule has 0 spiro atoms. The SMILES string of the molecule is C=C/C1=C\c2c(nn(C3CCCCO3)c2C)-c2cccc(c2)COC(=O)NCCC(C)O1. The minimum atomic E-state index is -0.438. The van der Waals surface area contributed by atoms with Crippen LogP contribution in [-0.4, -0.2) is 35.1 Å². The van der Waals surface area contributed by atoms with Gasteiger partial charge < -0.3 is 19.5 Å². The van der Waals surface area contributed by atoms with Crippen molar-refractivity contribution in [1.82, 2.24) is 15.1 Å². The molecule has 4 rings (SSSR count). The van der Waals surface area contributed by atoms with Crippen molar-refractivity contribution in [3.8, 4) is 11.3 Å². The second-order valence-corrected chi connectivity index (χ2v) is 8.28. The molecule has 170 valence electrons. The smallest absolute Gasteiger partial charge is 0.407 e. The molecule has 32 heavy (non-hydrogen) atoms. The number of rotatable bonds is 2. The zero-order valence-electron chi connectivity index (χ0n) is 18.8. The molecular formula is C25H31N3O4. The molecule has 1 aromatic carbocycles. The zero-order valence-corrected chi connectivity index (χ0v) is 18.8. The summed E-state index contributed by atoms with van der Waals surface area (Å²) in [5.41, 5.74) is 4.68. The summed E-state index contributed by atoms with van der Waals surface area (Å²) in [7, 11) is 0. The zero-order chi connectivity index (χ0) is 22.5. The number of nitrogens with one attached hydrogen (secondary N) is 1. The van der Waals surface area contributed by atoms with E-state index < -0.39 is 6.09 Å². The predicted octanol–water partition coefficient (Wildman–Crippen LogP) is 5.12. The van der Waals surface area contributed by atoms with E-state index in [0.29, 0.717) is 18.7 Å². The normalized spacial score (nSPS) is 23.8. The largest absolute Gasteiger partial charge is 0.491 e. The lowest BCUT2D eigenvalue weighted by molar-refractivity contribution is -0.0405. The molecule has 1 amide bonds. The number of amides is 1. The lowest BCUT2D eigenvalue weighted by Crippen LogP contribution is -2.27. The Balaban J connectivity index is 1.81. The molecule has 2 unspecified atom stereocenters. The molecular weight excluding hydrogens is 406 g/mol. The van der Waals surface area contributed by atoms with Gasteiger partial charge in [-0.15, -0.1) is 0 Å². The van der Waals surface area contributed by atoms with E-state index in [2.05, 4.69) is 18.8 Å². The van der Waals surface area contributed by atoms with E-state index in [9.17, 15) is 4.79 Å². The van der Waals surface area contributed by atoms with Crippen LogP contribution in [0.3, 0.4) is 0 Å². The molecule has 1 N–H and O–H groups in total. The van der Waals surface area contributed by atoms with Crippen LogP contribution in [0.5, 0.6) is 0 Å². The first-order valence-corrected chi connectivity index (χ1v) is 11.3. The molecule has 0 aliphatic carbocycles. The van der Waals surface area contributed by atoms with E-state index in [4.69, 9.17) is 19.3 Å². The quantitative estimate of drug-likeness (QED) is 0.706. The van der Waals surface area contributed by atoms with Gasteiger partial charge in [0, 0.05) is 36.4 Å². The summed E-state index contributed by atoms with van der Waals surface area (Å²) in [6.07, 6.45) is 6.89. The van der Waals surface area contributed by atoms with Crippen LogP contribution in [0.2, 0.25) is 0 Å². The fourth-order valence-electron chi connectivity index (χ4n) is 4.07. The number of cyclic esters (lactones) is 1. The fraction of sp³-hybridized carbons (Fsp3) is 0.440. The number of hydrogen-bond acceptors (Lipinski definition) is 5. The molecule has 0 saturated carbocycles. The van der Waals surface area contributed by atoms with Crippen LogP contribution in [0.4, 0.5) is 4.79 Å². The maximum Gasteiger partial charge on any atom is 0.407 e. The van der Waals surface area contributed by atoms with Crippen molar-refractivity contribution in [2.45, 2.75) is 58.5 Å². The molecule has 2 bridgehead atoms. The third-order valence-corrected chi connectivity index (χ3v) is 5.84. The summed E-state index contributed by atoms with van der Waals surface area (Å²) in [5, 5.41) is 7.75. The van der Waals surface area contributed by atoms with Crippen LogP contribution < -0.4 is 5.32 Å². The van der Waals surface area contributed by atoms with Gasteiger partial charge in [0.05, 0.1) is 6.10 Å². The monoisotopic (exact) mass is 437 g/mol. The molecule has 2 aliphatic rings. The Morgan fingerprint density at radius 3 is 2.94 bits per heavy atom. The highest BCUT2D eigenvalue weighted by molar-refractivity contribution is 5.75. The van der Waals surface area contributed by atoms with E-state index in [-0.39, 0.29) is 18.9 Å². The summed E-state index contributed by atoms with van der Waals surface area (Å²) >= 11 is 0. The van der Waals surface area contributed by atoms with Gasteiger partial charge in [-0.1, -0.05) is 24.8 Å². The first-order chi connectivity index (χ1) is 15.5. The topological polar surface area (TPSA) is 74.6 Å². The van der Waals surface area contributed by atoms with Crippen molar-refractivity contribution in [3.05, 3.63) is 59.5 Å². The third-order valence-electron chi connectivity index (χ3n) is 5.84. The number of aromatic nitrogens is 2. The molecule has 1 aromatic heterocycles. The fourth-order valence-corrected chi connectivity index (χ4v) is 4.07. The highest BCUT2D eigenvalue weighted by atomic mass is 16.5. The first kappa shape index (κ1) is 22.1. The minimum absolute atomic E-state index is 0.0718. The van der Waals surface area contributed by atoms with Crippen LogP contribution in [-0.2, 0) is 20.8 Å². The van der Waals surface area contributed by atoms with E-state index in [0.717, 1.165) is 53.9 Å². The minimum Gasteiger partial charge on any atom is -0.491 e. The van der Waals surface area contributed by atoms with Crippen LogP contribution in [0, 0.1) is 6.92 Å². The van der Waals surface area contributed by atoms with Gasteiger partial charge in [-0.3, -0.25) is 0 Å². The van der Waals surface area contributed by atoms with Gasteiger partial charge >= 0.3 is 6.09 Å². The van der Waals surface area contributed by atoms with Gasteiger partial charge in [0.15, 0.2) is 0 Å². The van der Waals surface area contributed by atoms with Crippen LogP contribution >= 0.6 is 0 Å². The highest BCUT2D eigenvalue weighted by Gasteiger charge is 2.23. The first-order valence-electron chi connectivity index (χ1n) is 11.3. The van der Waals surface area contributed by atoms with E-state index in [1.807, 2.05) is 41.9 Å². The predicted molar refractivity (Wildman–Crippen MR) is 123 cm³/mol. The summed E-state index contributed by atoms with van der Waals surface area (Å²) < 4.78 is 19.5. The summed E-state index contributed by atoms with van der Waals surface area (Å²) in [6.45, 7) is 9.38. The number of hydrogen-bond donors (Lipinski definition) is 1. The second-order valence-electron chi connectivity index (χ2n) is 8.28. The average Bonchev–Trinajstić information content (AvgIpc) is 3.13. The van der Waals surface area contributed by atoms with Gasteiger partial charge in [0.1, 0.15) is 24.3 Å². The number of nitrogens with zero attached hydrogens (tertiary/aromatic N) is 2. The Bertz CT molecular complexity index is 1000. The maximum absolute atomic E-state index is 12.0. The van der Waals surface area contributed by atoms with Crippen molar-refractivity contribution in [1.29, 1.82) is 0 Å². The molecule has 2 aliphatic heterocycles. The van der Waals surface area contributed by atoms with Crippen LogP contribution in [0.25, 0.3) is 17.3 Å². The number of ether oxygens (including phenoxy) is 3. The lowest BCUT2D eigenvalue weighted by Gasteiger charge is -2.24. The van der Waals surface area contributed by atoms with Crippen LogP contribution in [0.1, 0.15) is 55.7 Å². The number of carbonyl (C=O) groups is 1. The van der Waals surface area contributed by atoms with Crippen molar-refractivity contribution in [3.63, 3.8) is 0 Å². The van der Waals surface area contributed by atoms with E-state index in [1.54, 1.807) is 6.08 Å². The van der Waals surface area contributed by atoms with Gasteiger partial charge in [-0.05, 0) is 56.9 Å². The number of allylic oxidation sites excluding steroid dienone is 1. The van der Waals surface area contributed by atoms with Gasteiger partial charge in [-0.25, -0.2) is 9.48 Å². The molecule has 0 radical (unpaired) electrons. The Kier molecular flexibility index (Phi) is 6.95. The van der Waals surface area contributed by atoms with Gasteiger partial charge in [-0.2, -0.15) is 5.10 Å². The Labute approximate surface area is 189 Å². The van der Waals surface area contributed by atoms with Crippen molar-refractivity contribution in [2.75, 3.05) is 13.2 Å². The molecule has 2 atom stereocenters. The molecule has 1 saturated heterocycles. The molecule has 7 nitrogen and oxygen atoms in total. The molecule has 7 heteroatoms. The molecule has 3 heterocycles. The Morgan fingerprint density at radius 1 is 1.28 bits per heavy atom. The second kappa shape index (κ2) is 10.0. The number of carbonyl (C=O) groups excluding carboxylic acids is 1.